The number of alkyl halides is 3. The average Bonchev–Trinajstić information content (AvgIpc) is 3.11. The van der Waals surface area contributed by atoms with Crippen LogP contribution in [0.3, 0.4) is 0 Å². The molecule has 1 aliphatic rings. The highest BCUT2D eigenvalue weighted by atomic mass is 19.4. The minimum absolute atomic E-state index is 0.109. The third kappa shape index (κ3) is 4.61. The number of carbonyl (C=O) groups is 1. The number of amides is 1. The van der Waals surface area contributed by atoms with Crippen LogP contribution in [0.25, 0.3) is 22.0 Å². The second-order valence-corrected chi connectivity index (χ2v) is 8.75. The molecule has 0 unspecified atom stereocenters. The van der Waals surface area contributed by atoms with E-state index in [0.29, 0.717) is 18.6 Å². The van der Waals surface area contributed by atoms with Crippen molar-refractivity contribution in [2.45, 2.75) is 38.3 Å². The zero-order valence-electron chi connectivity index (χ0n) is 18.0. The summed E-state index contributed by atoms with van der Waals surface area (Å²) in [6, 6.07) is 7.13. The Morgan fingerprint density at radius 2 is 2.06 bits per heavy atom. The molecule has 2 aromatic heterocycles. The highest BCUT2D eigenvalue weighted by molar-refractivity contribution is 6.00. The van der Waals surface area contributed by atoms with Crippen LogP contribution in [-0.2, 0) is 18.3 Å². The summed E-state index contributed by atoms with van der Waals surface area (Å²) >= 11 is 0. The van der Waals surface area contributed by atoms with Gasteiger partial charge in [-0.3, -0.25) is 14.4 Å². The van der Waals surface area contributed by atoms with Gasteiger partial charge in [0.1, 0.15) is 5.69 Å². The van der Waals surface area contributed by atoms with E-state index < -0.39 is 23.8 Å². The maximum Gasteiger partial charge on any atom is 0.415 e. The van der Waals surface area contributed by atoms with Crippen LogP contribution >= 0.6 is 0 Å². The first-order valence-electron chi connectivity index (χ1n) is 10.1. The van der Waals surface area contributed by atoms with Gasteiger partial charge in [0.15, 0.2) is 6.10 Å². The average molecular weight is 447 g/mol. The first kappa shape index (κ1) is 22.2. The van der Waals surface area contributed by atoms with Gasteiger partial charge in [-0.05, 0) is 37.1 Å². The van der Waals surface area contributed by atoms with E-state index in [9.17, 15) is 18.0 Å². The van der Waals surface area contributed by atoms with Crippen LogP contribution in [0.4, 0.5) is 13.2 Å². The molecule has 0 saturated carbocycles. The fourth-order valence-electron chi connectivity index (χ4n) is 4.14. The highest BCUT2D eigenvalue weighted by Gasteiger charge is 2.47. The van der Waals surface area contributed by atoms with E-state index in [2.05, 4.69) is 10.1 Å². The predicted molar refractivity (Wildman–Crippen MR) is 113 cm³/mol. The van der Waals surface area contributed by atoms with Crippen LogP contribution in [-0.4, -0.2) is 56.5 Å². The van der Waals surface area contributed by atoms with E-state index in [4.69, 9.17) is 10.5 Å². The number of aryl methyl sites for hydroxylation is 1. The molecular weight excluding hydrogens is 423 g/mol. The van der Waals surface area contributed by atoms with Gasteiger partial charge < -0.3 is 10.5 Å². The second kappa shape index (κ2) is 7.86. The van der Waals surface area contributed by atoms with Crippen molar-refractivity contribution >= 4 is 16.8 Å². The standard InChI is InChI=1S/C22H24F3N5O2/c1-21(2)12-30(11-19(32-21)22(23,24)25)9-13-4-5-15-16(14-8-27-29(3)10-14)7-18(20(26)31)28-17(15)6-13/h4-8,10,19H,9,11-12H2,1-3H3,(H2,26,31)/t19-/m1/s1. The number of ether oxygens (including phenoxy) is 1. The lowest BCUT2D eigenvalue weighted by Gasteiger charge is -2.43. The van der Waals surface area contributed by atoms with E-state index in [0.717, 1.165) is 22.1 Å². The van der Waals surface area contributed by atoms with Gasteiger partial charge in [-0.25, -0.2) is 4.98 Å². The zero-order valence-corrected chi connectivity index (χ0v) is 18.0. The molecule has 3 heterocycles. The number of nitrogens with two attached hydrogens (primary N) is 1. The molecule has 0 bridgehead atoms. The Balaban J connectivity index is 1.69. The van der Waals surface area contributed by atoms with E-state index in [-0.39, 0.29) is 12.2 Å². The summed E-state index contributed by atoms with van der Waals surface area (Å²) in [5, 5.41) is 4.97. The minimum atomic E-state index is -4.43. The number of morpholine rings is 1. The summed E-state index contributed by atoms with van der Waals surface area (Å²) in [6.07, 6.45) is -2.78. The van der Waals surface area contributed by atoms with E-state index in [1.54, 1.807) is 48.8 Å². The zero-order chi connectivity index (χ0) is 23.3. The van der Waals surface area contributed by atoms with Crippen molar-refractivity contribution in [3.05, 3.63) is 47.9 Å². The smallest absolute Gasteiger partial charge is 0.364 e. The van der Waals surface area contributed by atoms with Crippen molar-refractivity contribution in [1.82, 2.24) is 19.7 Å². The number of primary amides is 1. The molecule has 0 radical (unpaired) electrons. The molecule has 1 aliphatic heterocycles. The third-order valence-corrected chi connectivity index (χ3v) is 5.40. The quantitative estimate of drug-likeness (QED) is 0.664. The maximum atomic E-state index is 13.3. The van der Waals surface area contributed by atoms with Gasteiger partial charge in [-0.2, -0.15) is 18.3 Å². The van der Waals surface area contributed by atoms with Crippen molar-refractivity contribution in [3.63, 3.8) is 0 Å². The molecule has 0 spiro atoms. The van der Waals surface area contributed by atoms with Gasteiger partial charge in [0.2, 0.25) is 0 Å². The predicted octanol–water partition coefficient (Wildman–Crippen LogP) is 3.28. The lowest BCUT2D eigenvalue weighted by molar-refractivity contribution is -0.272. The number of halogens is 3. The maximum absolute atomic E-state index is 13.3. The van der Waals surface area contributed by atoms with Gasteiger partial charge in [0.05, 0.1) is 17.3 Å². The molecule has 32 heavy (non-hydrogen) atoms. The number of fused-ring (bicyclic) bond motifs is 1. The number of pyridine rings is 1. The number of carbonyl (C=O) groups excluding carboxylic acids is 1. The SMILES string of the molecule is Cn1cc(-c2cc(C(N)=O)nc3cc(CN4C[C@H](C(F)(F)F)OC(C)(C)C4)ccc23)cn1. The van der Waals surface area contributed by atoms with Crippen LogP contribution in [0.1, 0.15) is 29.9 Å². The van der Waals surface area contributed by atoms with Gasteiger partial charge in [0, 0.05) is 43.8 Å². The second-order valence-electron chi connectivity index (χ2n) is 8.75. The molecule has 0 aliphatic carbocycles. The molecule has 4 rings (SSSR count). The Labute approximate surface area is 183 Å². The fourth-order valence-corrected chi connectivity index (χ4v) is 4.14. The van der Waals surface area contributed by atoms with Crippen molar-refractivity contribution < 1.29 is 22.7 Å². The van der Waals surface area contributed by atoms with Crippen LogP contribution in [0.5, 0.6) is 0 Å². The molecule has 7 nitrogen and oxygen atoms in total. The largest absolute Gasteiger partial charge is 0.415 e. The monoisotopic (exact) mass is 447 g/mol. The lowest BCUT2D eigenvalue weighted by Crippen LogP contribution is -2.56. The summed E-state index contributed by atoms with van der Waals surface area (Å²) in [6.45, 7) is 3.70. The lowest BCUT2D eigenvalue weighted by atomic mass is 10.00. The number of rotatable bonds is 4. The molecule has 1 saturated heterocycles. The van der Waals surface area contributed by atoms with E-state index in [1.165, 1.54) is 0 Å². The van der Waals surface area contributed by atoms with Crippen LogP contribution in [0.15, 0.2) is 36.7 Å². The Hall–Kier alpha value is -2.98. The highest BCUT2D eigenvalue weighted by Crippen LogP contribution is 2.33. The Morgan fingerprint density at radius 3 is 2.69 bits per heavy atom. The van der Waals surface area contributed by atoms with Crippen LogP contribution in [0.2, 0.25) is 0 Å². The van der Waals surface area contributed by atoms with Gasteiger partial charge >= 0.3 is 6.18 Å². The molecule has 1 fully saturated rings. The Morgan fingerprint density at radius 1 is 1.31 bits per heavy atom. The van der Waals surface area contributed by atoms with Crippen molar-refractivity contribution in [3.8, 4) is 11.1 Å². The van der Waals surface area contributed by atoms with Gasteiger partial charge in [0.25, 0.3) is 5.91 Å². The first-order chi connectivity index (χ1) is 14.9. The van der Waals surface area contributed by atoms with Crippen molar-refractivity contribution in [2.75, 3.05) is 13.1 Å². The summed E-state index contributed by atoms with van der Waals surface area (Å²) in [5.41, 5.74) is 7.54. The summed E-state index contributed by atoms with van der Waals surface area (Å²) in [5.74, 6) is -0.662. The normalized spacial score (nSPS) is 19.4. The number of aromatic nitrogens is 3. The molecular formula is C22H24F3N5O2. The summed E-state index contributed by atoms with van der Waals surface area (Å²) in [7, 11) is 1.79. The summed E-state index contributed by atoms with van der Waals surface area (Å²) in [4.78, 5) is 18.0. The van der Waals surface area contributed by atoms with E-state index in [1.807, 2.05) is 18.3 Å². The molecule has 2 N–H and O–H groups in total. The molecule has 10 heteroatoms. The molecule has 170 valence electrons. The van der Waals surface area contributed by atoms with Crippen molar-refractivity contribution in [1.29, 1.82) is 0 Å². The van der Waals surface area contributed by atoms with Crippen LogP contribution < -0.4 is 5.73 Å². The Bertz CT molecular complexity index is 1170. The van der Waals surface area contributed by atoms with E-state index >= 15 is 0 Å². The van der Waals surface area contributed by atoms with Gasteiger partial charge in [-0.15, -0.1) is 0 Å². The minimum Gasteiger partial charge on any atom is -0.364 e. The number of hydrogen-bond donors (Lipinski definition) is 1. The number of nitrogens with zero attached hydrogens (tertiary/aromatic N) is 4. The summed E-state index contributed by atoms with van der Waals surface area (Å²) < 4.78 is 46.9. The molecule has 1 amide bonds. The molecule has 1 aromatic carbocycles. The third-order valence-electron chi connectivity index (χ3n) is 5.40. The molecule has 1 atom stereocenters. The molecule has 3 aromatic rings. The van der Waals surface area contributed by atoms with Crippen LogP contribution in [0, 0.1) is 0 Å². The Kier molecular flexibility index (Phi) is 5.46. The first-order valence-corrected chi connectivity index (χ1v) is 10.1. The van der Waals surface area contributed by atoms with Crippen molar-refractivity contribution in [2.24, 2.45) is 12.8 Å². The fraction of sp³-hybridized carbons (Fsp3) is 0.409. The van der Waals surface area contributed by atoms with Gasteiger partial charge in [-0.1, -0.05) is 12.1 Å². The number of benzene rings is 1. The number of hydrogen-bond acceptors (Lipinski definition) is 5. The topological polar surface area (TPSA) is 86.3 Å².